The number of ether oxygens (including phenoxy) is 2. The van der Waals surface area contributed by atoms with Crippen molar-refractivity contribution in [2.24, 2.45) is 5.92 Å². The first kappa shape index (κ1) is 10.0. The van der Waals surface area contributed by atoms with Crippen molar-refractivity contribution in [1.82, 2.24) is 0 Å². The van der Waals surface area contributed by atoms with Crippen LogP contribution in [0.2, 0.25) is 0 Å². The molecule has 1 fully saturated rings. The van der Waals surface area contributed by atoms with Gasteiger partial charge in [-0.05, 0) is 13.3 Å². The molecule has 1 heterocycles. The second-order valence-electron chi connectivity index (χ2n) is 3.51. The molecule has 13 heavy (non-hydrogen) atoms. The van der Waals surface area contributed by atoms with E-state index in [0.717, 1.165) is 0 Å². The molecule has 0 aromatic rings. The summed E-state index contributed by atoms with van der Waals surface area (Å²) in [6, 6.07) is 0. The topological polar surface area (TPSA) is 52.6 Å². The van der Waals surface area contributed by atoms with Gasteiger partial charge in [0.05, 0.1) is 7.11 Å². The Labute approximate surface area is 77.2 Å². The number of hydrogen-bond donors (Lipinski definition) is 0. The van der Waals surface area contributed by atoms with Crippen LogP contribution in [-0.4, -0.2) is 24.6 Å². The predicted molar refractivity (Wildman–Crippen MR) is 44.9 cm³/mol. The predicted octanol–water partition coefficient (Wildman–Crippen LogP) is 0.891. The van der Waals surface area contributed by atoms with Crippen LogP contribution in [0.15, 0.2) is 0 Å². The fourth-order valence-corrected chi connectivity index (χ4v) is 1.44. The minimum atomic E-state index is -1.09. The smallest absolute Gasteiger partial charge is 0.350 e. The summed E-state index contributed by atoms with van der Waals surface area (Å²) >= 11 is 0. The van der Waals surface area contributed by atoms with Gasteiger partial charge in [0.1, 0.15) is 0 Å². The largest absolute Gasteiger partial charge is 0.466 e. The second-order valence-corrected chi connectivity index (χ2v) is 3.51. The minimum Gasteiger partial charge on any atom is -0.466 e. The van der Waals surface area contributed by atoms with Gasteiger partial charge in [0.15, 0.2) is 0 Å². The molecule has 0 radical (unpaired) electrons. The van der Waals surface area contributed by atoms with Crippen molar-refractivity contribution < 1.29 is 19.1 Å². The number of esters is 2. The molecule has 0 N–H and O–H groups in total. The fourth-order valence-electron chi connectivity index (χ4n) is 1.44. The van der Waals surface area contributed by atoms with E-state index >= 15 is 0 Å². The molecule has 1 saturated heterocycles. The molecule has 1 rings (SSSR count). The van der Waals surface area contributed by atoms with Gasteiger partial charge < -0.3 is 9.47 Å². The van der Waals surface area contributed by atoms with Crippen molar-refractivity contribution in [3.05, 3.63) is 0 Å². The third-order valence-electron chi connectivity index (χ3n) is 2.64. The summed E-state index contributed by atoms with van der Waals surface area (Å²) in [7, 11) is 1.29. The summed E-state index contributed by atoms with van der Waals surface area (Å²) in [5.41, 5.74) is -1.09. The maximum absolute atomic E-state index is 11.3. The number of carbonyl (C=O) groups is 2. The summed E-state index contributed by atoms with van der Waals surface area (Å²) < 4.78 is 9.62. The third kappa shape index (κ3) is 1.66. The molecule has 4 heteroatoms. The molecule has 1 aliphatic rings. The number of rotatable bonds is 1. The van der Waals surface area contributed by atoms with Gasteiger partial charge in [0.2, 0.25) is 5.60 Å². The Morgan fingerprint density at radius 2 is 2.31 bits per heavy atom. The maximum Gasteiger partial charge on any atom is 0.350 e. The molecular formula is C9H14O4. The lowest BCUT2D eigenvalue weighted by Gasteiger charge is -2.35. The molecule has 0 aromatic heterocycles. The summed E-state index contributed by atoms with van der Waals surface area (Å²) in [5, 5.41) is 0. The van der Waals surface area contributed by atoms with E-state index in [-0.39, 0.29) is 11.9 Å². The van der Waals surface area contributed by atoms with Gasteiger partial charge >= 0.3 is 11.9 Å². The number of methoxy groups -OCH3 is 1. The zero-order valence-corrected chi connectivity index (χ0v) is 8.12. The van der Waals surface area contributed by atoms with Crippen LogP contribution in [0.4, 0.5) is 0 Å². The van der Waals surface area contributed by atoms with Gasteiger partial charge in [0, 0.05) is 12.3 Å². The molecule has 0 unspecified atom stereocenters. The van der Waals surface area contributed by atoms with E-state index in [0.29, 0.717) is 12.8 Å². The second kappa shape index (κ2) is 3.36. The number of carbonyl (C=O) groups excluding carboxylic acids is 2. The van der Waals surface area contributed by atoms with Crippen molar-refractivity contribution >= 4 is 11.9 Å². The van der Waals surface area contributed by atoms with Gasteiger partial charge in [-0.1, -0.05) is 6.92 Å². The lowest BCUT2D eigenvalue weighted by atomic mass is 9.84. The van der Waals surface area contributed by atoms with E-state index in [1.54, 1.807) is 6.92 Å². The molecule has 0 aliphatic carbocycles. The normalized spacial score (nSPS) is 33.8. The Kier molecular flexibility index (Phi) is 2.59. The molecule has 0 bridgehead atoms. The first-order chi connectivity index (χ1) is 6.00. The molecule has 0 aromatic carbocycles. The maximum atomic E-state index is 11.3. The molecule has 0 spiro atoms. The highest BCUT2D eigenvalue weighted by Gasteiger charge is 2.46. The molecular weight excluding hydrogens is 172 g/mol. The van der Waals surface area contributed by atoms with Crippen LogP contribution in [-0.2, 0) is 19.1 Å². The van der Waals surface area contributed by atoms with Crippen molar-refractivity contribution in [3.8, 4) is 0 Å². The number of hydrogen-bond acceptors (Lipinski definition) is 4. The first-order valence-corrected chi connectivity index (χ1v) is 4.31. The summed E-state index contributed by atoms with van der Waals surface area (Å²) in [5.74, 6) is -0.795. The third-order valence-corrected chi connectivity index (χ3v) is 2.64. The van der Waals surface area contributed by atoms with Crippen LogP contribution in [0.1, 0.15) is 26.7 Å². The average Bonchev–Trinajstić information content (AvgIpc) is 2.10. The Morgan fingerprint density at radius 1 is 1.69 bits per heavy atom. The summed E-state index contributed by atoms with van der Waals surface area (Å²) in [6.07, 6.45) is 1.05. The molecule has 0 saturated carbocycles. The van der Waals surface area contributed by atoms with Gasteiger partial charge in [0.25, 0.3) is 0 Å². The van der Waals surface area contributed by atoms with Crippen LogP contribution < -0.4 is 0 Å². The van der Waals surface area contributed by atoms with Crippen LogP contribution in [0.3, 0.4) is 0 Å². The standard InChI is InChI=1S/C9H14O4/c1-6-4-5-7(10)13-9(6,2)8(11)12-3/h6H,4-5H2,1-3H3/t6-,9+/m1/s1. The first-order valence-electron chi connectivity index (χ1n) is 4.31. The Morgan fingerprint density at radius 3 is 2.85 bits per heavy atom. The highest BCUT2D eigenvalue weighted by atomic mass is 16.6. The number of cyclic esters (lactones) is 1. The zero-order chi connectivity index (χ0) is 10.1. The summed E-state index contributed by atoms with van der Waals surface area (Å²) in [4.78, 5) is 22.4. The highest BCUT2D eigenvalue weighted by molar-refractivity contribution is 5.84. The van der Waals surface area contributed by atoms with E-state index < -0.39 is 11.6 Å². The van der Waals surface area contributed by atoms with Crippen LogP contribution >= 0.6 is 0 Å². The molecule has 0 amide bonds. The van der Waals surface area contributed by atoms with Crippen LogP contribution in [0.5, 0.6) is 0 Å². The zero-order valence-electron chi connectivity index (χ0n) is 8.12. The Balaban J connectivity index is 2.84. The van der Waals surface area contributed by atoms with Crippen LogP contribution in [0, 0.1) is 5.92 Å². The molecule has 1 aliphatic heterocycles. The highest BCUT2D eigenvalue weighted by Crippen LogP contribution is 2.32. The van der Waals surface area contributed by atoms with Gasteiger partial charge in [-0.2, -0.15) is 0 Å². The van der Waals surface area contributed by atoms with Crippen molar-refractivity contribution in [3.63, 3.8) is 0 Å². The Hall–Kier alpha value is -1.06. The van der Waals surface area contributed by atoms with E-state index in [2.05, 4.69) is 4.74 Å². The quantitative estimate of drug-likeness (QED) is 0.571. The van der Waals surface area contributed by atoms with E-state index in [1.165, 1.54) is 7.11 Å². The lowest BCUT2D eigenvalue weighted by molar-refractivity contribution is -0.191. The van der Waals surface area contributed by atoms with Crippen molar-refractivity contribution in [1.29, 1.82) is 0 Å². The van der Waals surface area contributed by atoms with Gasteiger partial charge in [-0.3, -0.25) is 4.79 Å². The fraction of sp³-hybridized carbons (Fsp3) is 0.778. The van der Waals surface area contributed by atoms with Gasteiger partial charge in [-0.15, -0.1) is 0 Å². The summed E-state index contributed by atoms with van der Waals surface area (Å²) in [6.45, 7) is 3.48. The van der Waals surface area contributed by atoms with E-state index in [9.17, 15) is 9.59 Å². The SMILES string of the molecule is COC(=O)[C@@]1(C)OC(=O)CC[C@H]1C. The van der Waals surface area contributed by atoms with Crippen molar-refractivity contribution in [2.45, 2.75) is 32.3 Å². The van der Waals surface area contributed by atoms with Crippen molar-refractivity contribution in [2.75, 3.05) is 7.11 Å². The van der Waals surface area contributed by atoms with E-state index in [1.807, 2.05) is 6.92 Å². The van der Waals surface area contributed by atoms with E-state index in [4.69, 9.17) is 4.74 Å². The monoisotopic (exact) mass is 186 g/mol. The van der Waals surface area contributed by atoms with Gasteiger partial charge in [-0.25, -0.2) is 4.79 Å². The lowest BCUT2D eigenvalue weighted by Crippen LogP contribution is -2.49. The molecule has 2 atom stereocenters. The minimum absolute atomic E-state index is 0.0117. The average molecular weight is 186 g/mol. The van der Waals surface area contributed by atoms with Crippen LogP contribution in [0.25, 0.3) is 0 Å². The molecule has 74 valence electrons. The molecule has 4 nitrogen and oxygen atoms in total. The Bertz CT molecular complexity index is 236.